The fourth-order valence-corrected chi connectivity index (χ4v) is 0.975. The fraction of sp³-hybridized carbons (Fsp3) is 0.600. The van der Waals surface area contributed by atoms with E-state index in [0.717, 1.165) is 0 Å². The highest BCUT2D eigenvalue weighted by Gasteiger charge is 2.07. The fourth-order valence-electron chi connectivity index (χ4n) is 0.387. The predicted octanol–water partition coefficient (Wildman–Crippen LogP) is 0.693. The summed E-state index contributed by atoms with van der Waals surface area (Å²) in [6.07, 6.45) is 0.216. The lowest BCUT2D eigenvalue weighted by molar-refractivity contribution is -0.137. The molecule has 0 heterocycles. The van der Waals surface area contributed by atoms with Gasteiger partial charge < -0.3 is 10.4 Å². The van der Waals surface area contributed by atoms with Crippen molar-refractivity contribution >= 4 is 43.7 Å². The number of hydrogen-bond acceptors (Lipinski definition) is 2. The number of amides is 1. The van der Waals surface area contributed by atoms with E-state index in [1.165, 1.54) is 0 Å². The largest absolute Gasteiger partial charge is 0.480 e. The zero-order valence-electron chi connectivity index (χ0n) is 5.51. The van der Waals surface area contributed by atoms with Gasteiger partial charge in [0.15, 0.2) is 0 Å². The first-order valence-corrected chi connectivity index (χ1v) is 4.62. The Morgan fingerprint density at radius 2 is 2.00 bits per heavy atom. The smallest absolute Gasteiger partial charge is 0.322 e. The Kier molecular flexibility index (Phi) is 5.49. The van der Waals surface area contributed by atoms with Crippen LogP contribution in [0.3, 0.4) is 0 Å². The molecule has 0 aliphatic rings. The van der Waals surface area contributed by atoms with Crippen LogP contribution in [0.5, 0.6) is 0 Å². The number of rotatable bonds is 4. The molecule has 0 aromatic heterocycles. The van der Waals surface area contributed by atoms with Crippen LogP contribution in [0.4, 0.5) is 0 Å². The highest BCUT2D eigenvalue weighted by Crippen LogP contribution is 2.11. The minimum absolute atomic E-state index is 0.108. The maximum Gasteiger partial charge on any atom is 0.322 e. The van der Waals surface area contributed by atoms with Crippen molar-refractivity contribution < 1.29 is 14.7 Å². The summed E-state index contributed by atoms with van der Waals surface area (Å²) >= 11 is 6.18. The molecular formula is C5H7Br2NO3. The zero-order chi connectivity index (χ0) is 8.85. The molecule has 0 atom stereocenters. The van der Waals surface area contributed by atoms with Crippen LogP contribution in [0, 0.1) is 0 Å². The van der Waals surface area contributed by atoms with Crippen molar-refractivity contribution in [2.45, 2.75) is 10.2 Å². The first kappa shape index (κ1) is 10.9. The lowest BCUT2D eigenvalue weighted by atomic mass is 10.4. The van der Waals surface area contributed by atoms with Crippen LogP contribution in [0.1, 0.15) is 6.42 Å². The van der Waals surface area contributed by atoms with E-state index >= 15 is 0 Å². The Bertz CT molecular complexity index is 160. The van der Waals surface area contributed by atoms with Gasteiger partial charge >= 0.3 is 5.97 Å². The van der Waals surface area contributed by atoms with E-state index < -0.39 is 5.97 Å². The number of carboxylic acids is 1. The first-order chi connectivity index (χ1) is 5.02. The molecule has 0 aromatic carbocycles. The van der Waals surface area contributed by atoms with Gasteiger partial charge in [-0.2, -0.15) is 0 Å². The highest BCUT2D eigenvalue weighted by atomic mass is 79.9. The Labute approximate surface area is 80.6 Å². The van der Waals surface area contributed by atoms with E-state index in [2.05, 4.69) is 37.2 Å². The van der Waals surface area contributed by atoms with Gasteiger partial charge in [0.05, 0.1) is 3.74 Å². The van der Waals surface area contributed by atoms with E-state index in [9.17, 15) is 9.59 Å². The molecule has 0 aliphatic heterocycles. The molecule has 0 radical (unpaired) electrons. The number of nitrogens with one attached hydrogen (secondary N) is 1. The van der Waals surface area contributed by atoms with E-state index in [1.54, 1.807) is 0 Å². The van der Waals surface area contributed by atoms with Gasteiger partial charge in [0.2, 0.25) is 5.91 Å². The van der Waals surface area contributed by atoms with Gasteiger partial charge in [-0.05, 0) is 0 Å². The number of halogens is 2. The molecule has 0 saturated carbocycles. The summed E-state index contributed by atoms with van der Waals surface area (Å²) in [4.78, 5) is 20.7. The van der Waals surface area contributed by atoms with Crippen LogP contribution in [-0.2, 0) is 9.59 Å². The molecular weight excluding hydrogens is 282 g/mol. The number of aliphatic carboxylic acids is 1. The summed E-state index contributed by atoms with van der Waals surface area (Å²) in [6, 6.07) is 0. The van der Waals surface area contributed by atoms with Crippen LogP contribution in [-0.4, -0.2) is 27.3 Å². The second kappa shape index (κ2) is 5.54. The number of carbonyl (C=O) groups is 2. The minimum atomic E-state index is -1.04. The van der Waals surface area contributed by atoms with Crippen LogP contribution >= 0.6 is 31.9 Å². The molecule has 4 nitrogen and oxygen atoms in total. The highest BCUT2D eigenvalue weighted by molar-refractivity contribution is 9.24. The number of hydrogen-bond donors (Lipinski definition) is 2. The third kappa shape index (κ3) is 7.80. The Balaban J connectivity index is 3.45. The Morgan fingerprint density at radius 3 is 2.36 bits per heavy atom. The van der Waals surface area contributed by atoms with Gasteiger partial charge in [-0.3, -0.25) is 9.59 Å². The van der Waals surface area contributed by atoms with Crippen molar-refractivity contribution in [3.05, 3.63) is 0 Å². The molecule has 6 heteroatoms. The SMILES string of the molecule is O=C(O)CNC(=O)CC(Br)Br. The monoisotopic (exact) mass is 287 g/mol. The number of alkyl halides is 2. The topological polar surface area (TPSA) is 66.4 Å². The molecule has 0 rings (SSSR count). The zero-order valence-corrected chi connectivity index (χ0v) is 8.68. The first-order valence-electron chi connectivity index (χ1n) is 2.79. The third-order valence-electron chi connectivity index (χ3n) is 0.776. The van der Waals surface area contributed by atoms with Crippen LogP contribution in [0.15, 0.2) is 0 Å². The van der Waals surface area contributed by atoms with Gasteiger partial charge in [-0.1, -0.05) is 31.9 Å². The minimum Gasteiger partial charge on any atom is -0.480 e. The maximum atomic E-state index is 10.7. The summed E-state index contributed by atoms with van der Waals surface area (Å²) in [7, 11) is 0. The van der Waals surface area contributed by atoms with Gasteiger partial charge in [0, 0.05) is 6.42 Å². The van der Waals surface area contributed by atoms with Crippen molar-refractivity contribution in [2.24, 2.45) is 0 Å². The standard InChI is InChI=1S/C5H7Br2NO3/c6-3(7)1-4(9)8-2-5(10)11/h3H,1-2H2,(H,8,9)(H,10,11). The quantitative estimate of drug-likeness (QED) is 0.748. The number of carboxylic acid groups (broad SMARTS) is 1. The molecule has 0 fully saturated rings. The van der Waals surface area contributed by atoms with Crippen molar-refractivity contribution in [3.8, 4) is 0 Å². The van der Waals surface area contributed by atoms with Gasteiger partial charge in [0.25, 0.3) is 0 Å². The average Bonchev–Trinajstić information content (AvgIpc) is 1.82. The molecule has 0 aromatic rings. The summed E-state index contributed by atoms with van der Waals surface area (Å²) in [5.74, 6) is -1.34. The van der Waals surface area contributed by atoms with Crippen molar-refractivity contribution in [3.63, 3.8) is 0 Å². The Hall–Kier alpha value is -0.100. The average molecular weight is 289 g/mol. The van der Waals surface area contributed by atoms with Crippen molar-refractivity contribution in [1.82, 2.24) is 5.32 Å². The second-order valence-electron chi connectivity index (χ2n) is 1.77. The second-order valence-corrected chi connectivity index (χ2v) is 5.21. The van der Waals surface area contributed by atoms with E-state index in [-0.39, 0.29) is 22.6 Å². The molecule has 2 N–H and O–H groups in total. The maximum absolute atomic E-state index is 10.7. The summed E-state index contributed by atoms with van der Waals surface area (Å²) in [6.45, 7) is -0.328. The van der Waals surface area contributed by atoms with Crippen molar-refractivity contribution in [1.29, 1.82) is 0 Å². The lowest BCUT2D eigenvalue weighted by Gasteiger charge is -2.01. The molecule has 0 unspecified atom stereocenters. The third-order valence-corrected chi connectivity index (χ3v) is 1.42. The van der Waals surface area contributed by atoms with Gasteiger partial charge in [0.1, 0.15) is 6.54 Å². The lowest BCUT2D eigenvalue weighted by Crippen LogP contribution is -2.29. The Morgan fingerprint density at radius 1 is 1.45 bits per heavy atom. The van der Waals surface area contributed by atoms with Gasteiger partial charge in [-0.25, -0.2) is 0 Å². The predicted molar refractivity (Wildman–Crippen MR) is 46.9 cm³/mol. The summed E-state index contributed by atoms with van der Waals surface area (Å²) in [5.41, 5.74) is 0. The number of carbonyl (C=O) groups excluding carboxylic acids is 1. The molecule has 11 heavy (non-hydrogen) atoms. The summed E-state index contributed by atoms with van der Waals surface area (Å²) < 4.78 is -0.108. The molecule has 0 aliphatic carbocycles. The molecule has 0 bridgehead atoms. The molecule has 1 amide bonds. The summed E-state index contributed by atoms with van der Waals surface area (Å²) in [5, 5.41) is 10.4. The van der Waals surface area contributed by atoms with Crippen LogP contribution in [0.2, 0.25) is 0 Å². The van der Waals surface area contributed by atoms with E-state index in [1.807, 2.05) is 0 Å². The van der Waals surface area contributed by atoms with E-state index in [0.29, 0.717) is 0 Å². The van der Waals surface area contributed by atoms with Crippen LogP contribution in [0.25, 0.3) is 0 Å². The normalized spacial score (nSPS) is 9.73. The molecule has 64 valence electrons. The van der Waals surface area contributed by atoms with Crippen LogP contribution < -0.4 is 5.32 Å². The van der Waals surface area contributed by atoms with E-state index in [4.69, 9.17) is 5.11 Å². The van der Waals surface area contributed by atoms with Crippen molar-refractivity contribution in [2.75, 3.05) is 6.54 Å². The van der Waals surface area contributed by atoms with Gasteiger partial charge in [-0.15, -0.1) is 0 Å². The molecule has 0 spiro atoms. The molecule has 0 saturated heterocycles.